The summed E-state index contributed by atoms with van der Waals surface area (Å²) in [5.74, 6) is 1.02. The molecule has 5 nitrogen and oxygen atoms in total. The highest BCUT2D eigenvalue weighted by molar-refractivity contribution is 9.10. The molecule has 3 rings (SSSR count). The molecule has 2 aromatic rings. The molecule has 1 aliphatic rings. The molecule has 0 bridgehead atoms. The van der Waals surface area contributed by atoms with E-state index in [4.69, 9.17) is 5.11 Å². The van der Waals surface area contributed by atoms with Gasteiger partial charge in [0.05, 0.1) is 11.6 Å². The van der Waals surface area contributed by atoms with Gasteiger partial charge in [-0.25, -0.2) is 9.97 Å². The van der Waals surface area contributed by atoms with E-state index in [1.54, 1.807) is 6.20 Å². The number of aromatic nitrogens is 3. The quantitative estimate of drug-likeness (QED) is 0.930. The van der Waals surface area contributed by atoms with Crippen LogP contribution in [0.2, 0.25) is 0 Å². The Kier molecular flexibility index (Phi) is 3.56. The van der Waals surface area contributed by atoms with Crippen molar-refractivity contribution in [3.63, 3.8) is 0 Å². The number of imidazole rings is 1. The van der Waals surface area contributed by atoms with Crippen molar-refractivity contribution in [2.45, 2.75) is 19.4 Å². The molecule has 1 fully saturated rings. The van der Waals surface area contributed by atoms with Crippen LogP contribution < -0.4 is 0 Å². The highest BCUT2D eigenvalue weighted by atomic mass is 79.9. The Morgan fingerprint density at radius 1 is 1.47 bits per heavy atom. The van der Waals surface area contributed by atoms with Crippen LogP contribution in [0.4, 0.5) is 0 Å². The van der Waals surface area contributed by atoms with Gasteiger partial charge in [-0.3, -0.25) is 4.90 Å². The molecule has 102 valence electrons. The van der Waals surface area contributed by atoms with Gasteiger partial charge in [-0.15, -0.1) is 0 Å². The number of fused-ring (bicyclic) bond motifs is 1. The summed E-state index contributed by atoms with van der Waals surface area (Å²) >= 11 is 3.47. The Balaban J connectivity index is 1.82. The van der Waals surface area contributed by atoms with Gasteiger partial charge >= 0.3 is 0 Å². The van der Waals surface area contributed by atoms with E-state index in [1.165, 1.54) is 0 Å². The molecule has 0 radical (unpaired) electrons. The molecule has 2 aromatic heterocycles. The van der Waals surface area contributed by atoms with Crippen LogP contribution in [-0.2, 0) is 0 Å². The molecular formula is C13H17BrN4O. The zero-order valence-electron chi connectivity index (χ0n) is 10.9. The zero-order valence-corrected chi connectivity index (χ0v) is 12.5. The number of aliphatic hydroxyl groups is 1. The van der Waals surface area contributed by atoms with Crippen molar-refractivity contribution in [2.75, 3.05) is 26.2 Å². The topological polar surface area (TPSA) is 54.2 Å². The van der Waals surface area contributed by atoms with Gasteiger partial charge in [0.15, 0.2) is 5.65 Å². The van der Waals surface area contributed by atoms with Gasteiger partial charge in [-0.2, -0.15) is 0 Å². The van der Waals surface area contributed by atoms with Gasteiger partial charge < -0.3 is 9.67 Å². The van der Waals surface area contributed by atoms with Crippen molar-refractivity contribution in [1.82, 2.24) is 19.4 Å². The van der Waals surface area contributed by atoms with E-state index in [0.29, 0.717) is 6.04 Å². The summed E-state index contributed by atoms with van der Waals surface area (Å²) in [6, 6.07) is 2.55. The molecule has 19 heavy (non-hydrogen) atoms. The number of pyridine rings is 1. The SMILES string of the molecule is Cc1nc2ncc(Br)cc2n1C1CN(CCCO)C1. The number of aryl methyl sites for hydroxylation is 1. The van der Waals surface area contributed by atoms with Crippen LogP contribution in [0, 0.1) is 6.92 Å². The van der Waals surface area contributed by atoms with Crippen LogP contribution in [-0.4, -0.2) is 50.8 Å². The third kappa shape index (κ3) is 2.40. The molecule has 0 amide bonds. The molecule has 0 saturated carbocycles. The Bertz CT molecular complexity index is 592. The van der Waals surface area contributed by atoms with Crippen LogP contribution in [0.1, 0.15) is 18.3 Å². The number of hydrogen-bond acceptors (Lipinski definition) is 4. The van der Waals surface area contributed by atoms with Crippen LogP contribution in [0.15, 0.2) is 16.7 Å². The monoisotopic (exact) mass is 324 g/mol. The summed E-state index contributed by atoms with van der Waals surface area (Å²) in [6.07, 6.45) is 2.64. The maximum atomic E-state index is 8.85. The molecule has 0 aromatic carbocycles. The van der Waals surface area contributed by atoms with E-state index in [2.05, 4.69) is 41.4 Å². The standard InChI is InChI=1S/C13H17BrN4O/c1-9-16-13-12(5-10(14)6-15-13)18(9)11-7-17(8-11)3-2-4-19/h5-6,11,19H,2-4,7-8H2,1H3. The summed E-state index contributed by atoms with van der Waals surface area (Å²) in [6.45, 7) is 5.33. The first-order valence-corrected chi connectivity index (χ1v) is 7.31. The fourth-order valence-corrected chi connectivity index (χ4v) is 3.03. The second kappa shape index (κ2) is 5.19. The summed E-state index contributed by atoms with van der Waals surface area (Å²) < 4.78 is 3.26. The largest absolute Gasteiger partial charge is 0.396 e. The minimum atomic E-state index is 0.269. The molecule has 0 spiro atoms. The maximum absolute atomic E-state index is 8.85. The predicted molar refractivity (Wildman–Crippen MR) is 77.1 cm³/mol. The van der Waals surface area contributed by atoms with Gasteiger partial charge in [0.25, 0.3) is 0 Å². The maximum Gasteiger partial charge on any atom is 0.177 e. The Labute approximate surface area is 120 Å². The third-order valence-electron chi connectivity index (χ3n) is 3.63. The number of halogens is 1. The zero-order chi connectivity index (χ0) is 13.4. The molecule has 1 saturated heterocycles. The molecule has 0 unspecified atom stereocenters. The first-order chi connectivity index (χ1) is 9.19. The normalized spacial score (nSPS) is 17.0. The number of hydrogen-bond donors (Lipinski definition) is 1. The highest BCUT2D eigenvalue weighted by Gasteiger charge is 2.29. The lowest BCUT2D eigenvalue weighted by Gasteiger charge is -2.40. The molecule has 0 atom stereocenters. The van der Waals surface area contributed by atoms with Crippen molar-refractivity contribution >= 4 is 27.1 Å². The molecule has 1 aliphatic heterocycles. The average Bonchev–Trinajstić information content (AvgIpc) is 2.64. The van der Waals surface area contributed by atoms with Crippen LogP contribution in [0.5, 0.6) is 0 Å². The van der Waals surface area contributed by atoms with Crippen molar-refractivity contribution < 1.29 is 5.11 Å². The fourth-order valence-electron chi connectivity index (χ4n) is 2.71. The van der Waals surface area contributed by atoms with E-state index in [1.807, 2.05) is 6.92 Å². The van der Waals surface area contributed by atoms with Crippen LogP contribution in [0.25, 0.3) is 11.2 Å². The molecule has 6 heteroatoms. The van der Waals surface area contributed by atoms with Gasteiger partial charge in [-0.05, 0) is 35.3 Å². The predicted octanol–water partition coefficient (Wildman–Crippen LogP) is 1.74. The third-order valence-corrected chi connectivity index (χ3v) is 4.06. The lowest BCUT2D eigenvalue weighted by molar-refractivity contribution is 0.0987. The highest BCUT2D eigenvalue weighted by Crippen LogP contribution is 2.28. The number of likely N-dealkylation sites (tertiary alicyclic amines) is 1. The molecule has 3 heterocycles. The van der Waals surface area contributed by atoms with Crippen LogP contribution >= 0.6 is 15.9 Å². The van der Waals surface area contributed by atoms with E-state index in [-0.39, 0.29) is 6.61 Å². The van der Waals surface area contributed by atoms with Gasteiger partial charge in [0.1, 0.15) is 5.82 Å². The van der Waals surface area contributed by atoms with Gasteiger partial charge in [-0.1, -0.05) is 0 Å². The summed E-state index contributed by atoms with van der Waals surface area (Å²) in [7, 11) is 0. The van der Waals surface area contributed by atoms with Crippen molar-refractivity contribution in [3.8, 4) is 0 Å². The summed E-state index contributed by atoms with van der Waals surface area (Å²) in [5, 5.41) is 8.85. The van der Waals surface area contributed by atoms with Crippen molar-refractivity contribution in [1.29, 1.82) is 0 Å². The first kappa shape index (κ1) is 13.0. The number of rotatable bonds is 4. The van der Waals surface area contributed by atoms with E-state index in [0.717, 1.165) is 47.5 Å². The fraction of sp³-hybridized carbons (Fsp3) is 0.538. The summed E-state index contributed by atoms with van der Waals surface area (Å²) in [5.41, 5.74) is 1.91. The average molecular weight is 325 g/mol. The second-order valence-electron chi connectivity index (χ2n) is 5.02. The van der Waals surface area contributed by atoms with E-state index < -0.39 is 0 Å². The molecular weight excluding hydrogens is 308 g/mol. The summed E-state index contributed by atoms with van der Waals surface area (Å²) in [4.78, 5) is 11.2. The number of nitrogens with zero attached hydrogens (tertiary/aromatic N) is 4. The van der Waals surface area contributed by atoms with Crippen LogP contribution in [0.3, 0.4) is 0 Å². The van der Waals surface area contributed by atoms with Crippen molar-refractivity contribution in [2.24, 2.45) is 0 Å². The second-order valence-corrected chi connectivity index (χ2v) is 5.93. The van der Waals surface area contributed by atoms with E-state index >= 15 is 0 Å². The smallest absolute Gasteiger partial charge is 0.177 e. The lowest BCUT2D eigenvalue weighted by atomic mass is 10.1. The Morgan fingerprint density at radius 3 is 3.00 bits per heavy atom. The lowest BCUT2D eigenvalue weighted by Crippen LogP contribution is -2.48. The minimum Gasteiger partial charge on any atom is -0.396 e. The van der Waals surface area contributed by atoms with Gasteiger partial charge in [0, 0.05) is 36.9 Å². The minimum absolute atomic E-state index is 0.269. The Hall–Kier alpha value is -0.980. The van der Waals surface area contributed by atoms with E-state index in [9.17, 15) is 0 Å². The molecule has 1 N–H and O–H groups in total. The van der Waals surface area contributed by atoms with Crippen molar-refractivity contribution in [3.05, 3.63) is 22.6 Å². The number of aliphatic hydroxyl groups excluding tert-OH is 1. The van der Waals surface area contributed by atoms with Gasteiger partial charge in [0.2, 0.25) is 0 Å². The Morgan fingerprint density at radius 2 is 2.26 bits per heavy atom. The molecule has 0 aliphatic carbocycles. The first-order valence-electron chi connectivity index (χ1n) is 6.52.